The van der Waals surface area contributed by atoms with E-state index in [1.807, 2.05) is 6.92 Å². The van der Waals surface area contributed by atoms with Gasteiger partial charge in [-0.15, -0.1) is 0 Å². The Hall–Kier alpha value is -2.24. The summed E-state index contributed by atoms with van der Waals surface area (Å²) < 4.78 is 0. The van der Waals surface area contributed by atoms with E-state index in [0.29, 0.717) is 25.8 Å². The number of aliphatic hydroxyl groups excluding tert-OH is 1. The highest BCUT2D eigenvalue weighted by molar-refractivity contribution is 5.94. The number of aliphatic hydroxyl groups is 1. The second kappa shape index (κ2) is 13.9. The summed E-state index contributed by atoms with van der Waals surface area (Å²) in [6.45, 7) is 6.69. The summed E-state index contributed by atoms with van der Waals surface area (Å²) >= 11 is 0. The molecule has 0 aliphatic rings. The average molecular weight is 432 g/mol. The van der Waals surface area contributed by atoms with E-state index in [4.69, 9.17) is 16.6 Å². The maximum absolute atomic E-state index is 12.9. The summed E-state index contributed by atoms with van der Waals surface area (Å²) in [5.41, 5.74) is 11.1. The minimum Gasteiger partial charge on any atom is -0.480 e. The molecule has 30 heavy (non-hydrogen) atoms. The normalized spacial score (nSPS) is 17.0. The monoisotopic (exact) mass is 431 g/mol. The third-order valence-corrected chi connectivity index (χ3v) is 4.92. The number of carboxylic acid groups (broad SMARTS) is 1. The average Bonchev–Trinajstić information content (AvgIpc) is 2.69. The number of nitrogens with one attached hydrogen (secondary N) is 3. The topological polar surface area (TPSA) is 197 Å². The number of nitrogens with two attached hydrogens (primary N) is 2. The molecule has 9 N–H and O–H groups in total. The highest BCUT2D eigenvalue weighted by Gasteiger charge is 2.32. The van der Waals surface area contributed by atoms with Crippen molar-refractivity contribution in [1.82, 2.24) is 16.0 Å². The summed E-state index contributed by atoms with van der Waals surface area (Å²) in [5, 5.41) is 26.0. The molecule has 0 spiro atoms. The lowest BCUT2D eigenvalue weighted by Crippen LogP contribution is -2.59. The van der Waals surface area contributed by atoms with E-state index in [9.17, 15) is 24.3 Å². The van der Waals surface area contributed by atoms with Gasteiger partial charge in [0, 0.05) is 0 Å². The number of amides is 3. The van der Waals surface area contributed by atoms with E-state index in [2.05, 4.69) is 16.0 Å². The number of carboxylic acids is 1. The molecule has 0 aliphatic heterocycles. The molecule has 0 aromatic carbocycles. The van der Waals surface area contributed by atoms with Crippen molar-refractivity contribution in [3.63, 3.8) is 0 Å². The first kappa shape index (κ1) is 27.8. The Kier molecular flexibility index (Phi) is 12.8. The Morgan fingerprint density at radius 3 is 2.00 bits per heavy atom. The lowest BCUT2D eigenvalue weighted by atomic mass is 9.97. The summed E-state index contributed by atoms with van der Waals surface area (Å²) in [7, 11) is 0. The van der Waals surface area contributed by atoms with Gasteiger partial charge in [0.2, 0.25) is 17.7 Å². The van der Waals surface area contributed by atoms with Crippen molar-refractivity contribution in [2.24, 2.45) is 17.4 Å². The van der Waals surface area contributed by atoms with Gasteiger partial charge in [0.05, 0.1) is 6.10 Å². The second-order valence-corrected chi connectivity index (χ2v) is 7.55. The lowest BCUT2D eigenvalue weighted by molar-refractivity contribution is -0.142. The van der Waals surface area contributed by atoms with Crippen molar-refractivity contribution in [2.75, 3.05) is 6.54 Å². The molecule has 0 rings (SSSR count). The first-order valence-electron chi connectivity index (χ1n) is 10.2. The Balaban J connectivity index is 5.40. The summed E-state index contributed by atoms with van der Waals surface area (Å²) in [6, 6.07) is -4.29. The molecular weight excluding hydrogens is 394 g/mol. The highest BCUT2D eigenvalue weighted by Crippen LogP contribution is 2.10. The molecule has 0 bridgehead atoms. The first-order chi connectivity index (χ1) is 14.0. The summed E-state index contributed by atoms with van der Waals surface area (Å²) in [5.74, 6) is -3.39. The molecule has 11 heteroatoms. The van der Waals surface area contributed by atoms with Crippen LogP contribution in [0.5, 0.6) is 0 Å². The fourth-order valence-electron chi connectivity index (χ4n) is 2.57. The fraction of sp³-hybridized carbons (Fsp3) is 0.789. The van der Waals surface area contributed by atoms with Crippen LogP contribution in [0.1, 0.15) is 53.4 Å². The number of rotatable bonds is 14. The van der Waals surface area contributed by atoms with Crippen LogP contribution in [0.2, 0.25) is 0 Å². The zero-order valence-corrected chi connectivity index (χ0v) is 18.2. The molecular formula is C19H37N5O6. The molecule has 11 nitrogen and oxygen atoms in total. The van der Waals surface area contributed by atoms with Gasteiger partial charge in [0.15, 0.2) is 0 Å². The van der Waals surface area contributed by atoms with Gasteiger partial charge >= 0.3 is 5.97 Å². The zero-order valence-electron chi connectivity index (χ0n) is 18.2. The van der Waals surface area contributed by atoms with Gasteiger partial charge in [-0.05, 0) is 45.6 Å². The van der Waals surface area contributed by atoms with Crippen molar-refractivity contribution in [2.45, 2.75) is 83.6 Å². The minimum atomic E-state index is -1.21. The lowest BCUT2D eigenvalue weighted by Gasteiger charge is -2.28. The van der Waals surface area contributed by atoms with Gasteiger partial charge in [-0.3, -0.25) is 19.2 Å². The van der Waals surface area contributed by atoms with Crippen LogP contribution in [0.25, 0.3) is 0 Å². The van der Waals surface area contributed by atoms with Crippen molar-refractivity contribution in [1.29, 1.82) is 0 Å². The molecule has 0 aromatic heterocycles. The SMILES string of the molecule is CCC(C)C(NC(=O)C(CCCCN)NC(=O)C(N)C(C)O)C(=O)NC(C)C(=O)O. The third kappa shape index (κ3) is 9.51. The molecule has 6 atom stereocenters. The van der Waals surface area contributed by atoms with Gasteiger partial charge in [-0.25, -0.2) is 0 Å². The predicted molar refractivity (Wildman–Crippen MR) is 111 cm³/mol. The van der Waals surface area contributed by atoms with Crippen molar-refractivity contribution in [3.8, 4) is 0 Å². The first-order valence-corrected chi connectivity index (χ1v) is 10.2. The number of unbranched alkanes of at least 4 members (excludes halogenated alkanes) is 1. The van der Waals surface area contributed by atoms with Crippen LogP contribution in [0, 0.1) is 5.92 Å². The molecule has 0 aromatic rings. The number of hydrogen-bond donors (Lipinski definition) is 7. The van der Waals surface area contributed by atoms with Crippen molar-refractivity contribution < 1.29 is 29.4 Å². The number of aliphatic carboxylic acids is 1. The zero-order chi connectivity index (χ0) is 23.4. The van der Waals surface area contributed by atoms with Crippen LogP contribution >= 0.6 is 0 Å². The molecule has 3 amide bonds. The molecule has 0 saturated heterocycles. The maximum Gasteiger partial charge on any atom is 0.325 e. The van der Waals surface area contributed by atoms with Gasteiger partial charge < -0.3 is 37.6 Å². The fourth-order valence-corrected chi connectivity index (χ4v) is 2.57. The standard InChI is InChI=1S/C19H37N5O6/c1-5-10(2)15(18(28)22-11(3)19(29)30)24-16(26)13(8-6-7-9-20)23-17(27)14(21)12(4)25/h10-15,25H,5-9,20-21H2,1-4H3,(H,22,28)(H,23,27)(H,24,26)(H,29,30). The van der Waals surface area contributed by atoms with Crippen LogP contribution in [0.3, 0.4) is 0 Å². The Labute approximate surface area is 177 Å². The van der Waals surface area contributed by atoms with E-state index in [0.717, 1.165) is 0 Å². The predicted octanol–water partition coefficient (Wildman–Crippen LogP) is -1.57. The number of carbonyl (C=O) groups is 4. The second-order valence-electron chi connectivity index (χ2n) is 7.55. The van der Waals surface area contributed by atoms with Gasteiger partial charge in [-0.1, -0.05) is 20.3 Å². The van der Waals surface area contributed by atoms with Gasteiger partial charge in [0.1, 0.15) is 24.2 Å². The van der Waals surface area contributed by atoms with Crippen LogP contribution in [0.15, 0.2) is 0 Å². The summed E-state index contributed by atoms with van der Waals surface area (Å²) in [4.78, 5) is 48.7. The minimum absolute atomic E-state index is 0.266. The van der Waals surface area contributed by atoms with Crippen molar-refractivity contribution in [3.05, 3.63) is 0 Å². The molecule has 0 radical (unpaired) electrons. The largest absolute Gasteiger partial charge is 0.480 e. The third-order valence-electron chi connectivity index (χ3n) is 4.92. The molecule has 0 fully saturated rings. The van der Waals surface area contributed by atoms with E-state index in [-0.39, 0.29) is 12.3 Å². The molecule has 0 saturated carbocycles. The molecule has 0 heterocycles. The van der Waals surface area contributed by atoms with Crippen LogP contribution in [0.4, 0.5) is 0 Å². The highest BCUT2D eigenvalue weighted by atomic mass is 16.4. The van der Waals surface area contributed by atoms with E-state index < -0.39 is 54.0 Å². The van der Waals surface area contributed by atoms with Crippen LogP contribution < -0.4 is 27.4 Å². The maximum atomic E-state index is 12.9. The number of carbonyl (C=O) groups excluding carboxylic acids is 3. The molecule has 174 valence electrons. The van der Waals surface area contributed by atoms with Crippen LogP contribution in [-0.4, -0.2) is 70.7 Å². The van der Waals surface area contributed by atoms with E-state index in [1.165, 1.54) is 13.8 Å². The van der Waals surface area contributed by atoms with Crippen LogP contribution in [-0.2, 0) is 19.2 Å². The molecule has 0 aliphatic carbocycles. The van der Waals surface area contributed by atoms with Gasteiger partial charge in [-0.2, -0.15) is 0 Å². The summed E-state index contributed by atoms with van der Waals surface area (Å²) in [6.07, 6.45) is 0.898. The number of hydrogen-bond acceptors (Lipinski definition) is 7. The molecule has 6 unspecified atom stereocenters. The van der Waals surface area contributed by atoms with Gasteiger partial charge in [0.25, 0.3) is 0 Å². The van der Waals surface area contributed by atoms with Crippen molar-refractivity contribution >= 4 is 23.7 Å². The van der Waals surface area contributed by atoms with E-state index >= 15 is 0 Å². The van der Waals surface area contributed by atoms with E-state index in [1.54, 1.807) is 6.92 Å². The Bertz CT molecular complexity index is 586. The quantitative estimate of drug-likeness (QED) is 0.160. The smallest absolute Gasteiger partial charge is 0.325 e. The Morgan fingerprint density at radius 2 is 1.53 bits per heavy atom. The Morgan fingerprint density at radius 1 is 0.933 bits per heavy atom.